The average Bonchev–Trinajstić information content (AvgIpc) is 3.62. The van der Waals surface area contributed by atoms with Crippen LogP contribution in [0.4, 0.5) is 0 Å². The molecule has 0 bridgehead atoms. The Hall–Kier alpha value is -4.19. The second-order valence-corrected chi connectivity index (χ2v) is 18.5. The SMILES string of the molecule is COc1ccc2c(c1)C1CC1(C(=O)N1CC3CCCN3C[C@@H]1Cc1ccccc1)Cn1c-2c(C2CCCCC2)c2ccc(C(=O)NS(=O)(=O)N(C)C)cc21. The number of rotatable bonds is 8. The van der Waals surface area contributed by atoms with Gasteiger partial charge in [-0.1, -0.05) is 55.7 Å². The fraction of sp³-hybridized carbons (Fsp3) is 0.488. The van der Waals surface area contributed by atoms with E-state index in [2.05, 4.69) is 55.5 Å². The van der Waals surface area contributed by atoms with E-state index >= 15 is 4.79 Å². The molecule has 1 N–H and O–H groups in total. The molecule has 9 rings (SSSR count). The number of amides is 2. The van der Waals surface area contributed by atoms with Gasteiger partial charge in [-0.25, -0.2) is 4.72 Å². The predicted octanol–water partition coefficient (Wildman–Crippen LogP) is 6.31. The van der Waals surface area contributed by atoms with Crippen molar-refractivity contribution in [1.29, 1.82) is 0 Å². The molecule has 0 spiro atoms. The highest BCUT2D eigenvalue weighted by Crippen LogP contribution is 2.66. The van der Waals surface area contributed by atoms with E-state index in [1.165, 1.54) is 38.1 Å². The number of hydrogen-bond donors (Lipinski definition) is 1. The standard InChI is InChI=1S/C43H51N5O5S/c1-45(2)54(51,52)44-41(49)30-16-18-35-38(22-30)48-27-43(42(50)47-26-31-15-10-20-46(31)25-32(47)21-28-11-6-4-7-12-28)24-37(43)36-23-33(53-3)17-19-34(36)40(48)39(35)29-13-8-5-9-14-29/h4,6-7,11-12,16-19,22-23,29,31-32,37H,5,8-10,13-15,20-21,24-27H2,1-3H3,(H,44,49)/t31?,32-,37?,43?/m0/s1. The molecule has 0 radical (unpaired) electrons. The molecular weight excluding hydrogens is 699 g/mol. The summed E-state index contributed by atoms with van der Waals surface area (Å²) < 4.78 is 36.8. The minimum Gasteiger partial charge on any atom is -0.497 e. The zero-order valence-electron chi connectivity index (χ0n) is 31.6. The Morgan fingerprint density at radius 1 is 0.944 bits per heavy atom. The second kappa shape index (κ2) is 13.5. The van der Waals surface area contributed by atoms with E-state index in [9.17, 15) is 13.2 Å². The van der Waals surface area contributed by atoms with Crippen LogP contribution in [-0.2, 0) is 28.0 Å². The molecule has 4 heterocycles. The van der Waals surface area contributed by atoms with Gasteiger partial charge in [-0.05, 0) is 98.0 Å². The van der Waals surface area contributed by atoms with Crippen molar-refractivity contribution < 1.29 is 22.7 Å². The third-order valence-electron chi connectivity index (χ3n) is 13.3. The Morgan fingerprint density at radius 3 is 2.50 bits per heavy atom. The molecule has 2 saturated heterocycles. The van der Waals surface area contributed by atoms with Gasteiger partial charge in [-0.3, -0.25) is 14.5 Å². The van der Waals surface area contributed by atoms with E-state index < -0.39 is 21.5 Å². The molecule has 2 amide bonds. The molecule has 2 aliphatic carbocycles. The first kappa shape index (κ1) is 35.5. The first-order valence-electron chi connectivity index (χ1n) is 19.8. The van der Waals surface area contributed by atoms with E-state index in [1.54, 1.807) is 13.2 Å². The fourth-order valence-corrected chi connectivity index (χ4v) is 10.9. The number of carbonyl (C=O) groups is 2. The number of nitrogens with one attached hydrogen (secondary N) is 1. The molecule has 10 nitrogen and oxygen atoms in total. The van der Waals surface area contributed by atoms with Crippen LogP contribution in [0.15, 0.2) is 66.7 Å². The first-order chi connectivity index (χ1) is 26.1. The number of fused-ring (bicyclic) bond motifs is 8. The Labute approximate surface area is 318 Å². The third-order valence-corrected chi connectivity index (χ3v) is 14.7. The summed E-state index contributed by atoms with van der Waals surface area (Å²) in [6, 6.07) is 23.0. The van der Waals surface area contributed by atoms with Crippen LogP contribution in [0.25, 0.3) is 22.2 Å². The molecular formula is C43H51N5O5S. The lowest BCUT2D eigenvalue weighted by Crippen LogP contribution is -2.60. The number of nitrogens with zero attached hydrogens (tertiary/aromatic N) is 4. The van der Waals surface area contributed by atoms with Gasteiger partial charge < -0.3 is 14.2 Å². The van der Waals surface area contributed by atoms with Crippen LogP contribution < -0.4 is 9.46 Å². The molecule has 3 aliphatic heterocycles. The maximum Gasteiger partial charge on any atom is 0.303 e. The van der Waals surface area contributed by atoms with Gasteiger partial charge >= 0.3 is 10.2 Å². The summed E-state index contributed by atoms with van der Waals surface area (Å²) in [6.07, 6.45) is 9.56. The summed E-state index contributed by atoms with van der Waals surface area (Å²) in [5.74, 6) is 0.711. The molecule has 284 valence electrons. The Balaban J connectivity index is 1.20. The monoisotopic (exact) mass is 749 g/mol. The number of piperazine rings is 1. The number of aromatic nitrogens is 1. The molecule has 4 fully saturated rings. The van der Waals surface area contributed by atoms with Gasteiger partial charge in [0.2, 0.25) is 5.91 Å². The zero-order chi connectivity index (χ0) is 37.4. The van der Waals surface area contributed by atoms with Crippen LogP contribution in [0.3, 0.4) is 0 Å². The molecule has 4 aromatic rings. The molecule has 54 heavy (non-hydrogen) atoms. The van der Waals surface area contributed by atoms with Crippen LogP contribution in [0.5, 0.6) is 5.75 Å². The van der Waals surface area contributed by atoms with Crippen LogP contribution >= 0.6 is 0 Å². The maximum atomic E-state index is 15.6. The second-order valence-electron chi connectivity index (χ2n) is 16.6. The summed E-state index contributed by atoms with van der Waals surface area (Å²) in [7, 11) is 0.506. The smallest absolute Gasteiger partial charge is 0.303 e. The topological polar surface area (TPSA) is 104 Å². The largest absolute Gasteiger partial charge is 0.497 e. The van der Waals surface area contributed by atoms with Crippen molar-refractivity contribution in [3.8, 4) is 17.0 Å². The fourth-order valence-electron chi connectivity index (χ4n) is 10.4. The van der Waals surface area contributed by atoms with Gasteiger partial charge in [-0.2, -0.15) is 12.7 Å². The van der Waals surface area contributed by atoms with Crippen molar-refractivity contribution in [1.82, 2.24) is 23.4 Å². The average molecular weight is 750 g/mol. The summed E-state index contributed by atoms with van der Waals surface area (Å²) in [5, 5.41) is 1.08. The van der Waals surface area contributed by atoms with Gasteiger partial charge in [-0.15, -0.1) is 0 Å². The molecule has 1 aromatic heterocycles. The lowest BCUT2D eigenvalue weighted by atomic mass is 9.81. The zero-order valence-corrected chi connectivity index (χ0v) is 32.4. The van der Waals surface area contributed by atoms with Crippen molar-refractivity contribution in [2.75, 3.05) is 40.8 Å². The number of hydrogen-bond acceptors (Lipinski definition) is 6. The van der Waals surface area contributed by atoms with Gasteiger partial charge in [0.25, 0.3) is 5.91 Å². The van der Waals surface area contributed by atoms with Gasteiger partial charge in [0, 0.05) is 73.8 Å². The van der Waals surface area contributed by atoms with Crippen LogP contribution in [0.2, 0.25) is 0 Å². The quantitative estimate of drug-likeness (QED) is 0.227. The van der Waals surface area contributed by atoms with Gasteiger partial charge in [0.1, 0.15) is 5.75 Å². The lowest BCUT2D eigenvalue weighted by molar-refractivity contribution is -0.144. The minimum absolute atomic E-state index is 0.0277. The predicted molar refractivity (Wildman–Crippen MR) is 210 cm³/mol. The Morgan fingerprint density at radius 2 is 1.74 bits per heavy atom. The van der Waals surface area contributed by atoms with E-state index in [0.29, 0.717) is 18.5 Å². The van der Waals surface area contributed by atoms with Crippen molar-refractivity contribution in [3.05, 3.63) is 89.0 Å². The number of methoxy groups -OCH3 is 1. The highest BCUT2D eigenvalue weighted by molar-refractivity contribution is 7.87. The maximum absolute atomic E-state index is 15.6. The van der Waals surface area contributed by atoms with Gasteiger partial charge in [0.05, 0.1) is 18.2 Å². The van der Waals surface area contributed by atoms with E-state index in [1.807, 2.05) is 24.3 Å². The number of carbonyl (C=O) groups excluding carboxylic acids is 2. The molecule has 3 aromatic carbocycles. The number of benzene rings is 3. The molecule has 3 unspecified atom stereocenters. The van der Waals surface area contributed by atoms with Crippen molar-refractivity contribution in [3.63, 3.8) is 0 Å². The highest BCUT2D eigenvalue weighted by atomic mass is 32.2. The Bertz CT molecular complexity index is 2230. The molecule has 4 atom stereocenters. The van der Waals surface area contributed by atoms with E-state index in [-0.39, 0.29) is 23.4 Å². The summed E-state index contributed by atoms with van der Waals surface area (Å²) >= 11 is 0. The minimum atomic E-state index is -3.99. The van der Waals surface area contributed by atoms with Crippen molar-refractivity contribution >= 4 is 32.9 Å². The number of ether oxygens (including phenoxy) is 1. The normalized spacial score (nSPS) is 25.4. The first-order valence-corrected chi connectivity index (χ1v) is 21.2. The highest BCUT2D eigenvalue weighted by Gasteiger charge is 2.64. The van der Waals surface area contributed by atoms with Gasteiger partial charge in [0.15, 0.2) is 0 Å². The summed E-state index contributed by atoms with van der Waals surface area (Å²) in [4.78, 5) is 34.0. The molecule has 2 saturated carbocycles. The van der Waals surface area contributed by atoms with Crippen molar-refractivity contribution in [2.24, 2.45) is 5.41 Å². The van der Waals surface area contributed by atoms with Crippen LogP contribution in [0.1, 0.15) is 90.3 Å². The van der Waals surface area contributed by atoms with E-state index in [0.717, 1.165) is 102 Å². The van der Waals surface area contributed by atoms with E-state index in [4.69, 9.17) is 4.74 Å². The molecule has 5 aliphatic rings. The molecule has 11 heteroatoms. The van der Waals surface area contributed by atoms with Crippen molar-refractivity contribution in [2.45, 2.75) is 88.3 Å². The van der Waals surface area contributed by atoms with Crippen LogP contribution in [0, 0.1) is 5.41 Å². The van der Waals surface area contributed by atoms with Crippen LogP contribution in [-0.4, -0.2) is 91.8 Å². The Kier molecular flexibility index (Phi) is 8.90. The summed E-state index contributed by atoms with van der Waals surface area (Å²) in [6.45, 7) is 3.21. The lowest BCUT2D eigenvalue weighted by Gasteiger charge is -2.45. The third kappa shape index (κ3) is 5.94. The summed E-state index contributed by atoms with van der Waals surface area (Å²) in [5.41, 5.74) is 6.45.